The first-order chi connectivity index (χ1) is 9.72. The van der Waals surface area contributed by atoms with Gasteiger partial charge in [0.05, 0.1) is 7.05 Å². The number of halogens is 2. The highest BCUT2D eigenvalue weighted by Gasteiger charge is 2.28. The van der Waals surface area contributed by atoms with Gasteiger partial charge >= 0.3 is 5.97 Å². The predicted molar refractivity (Wildman–Crippen MR) is 63.0 cm³/mol. The molecule has 1 N–H and O–H groups in total. The van der Waals surface area contributed by atoms with Crippen molar-refractivity contribution in [3.05, 3.63) is 35.2 Å². The van der Waals surface area contributed by atoms with Crippen LogP contribution in [0.3, 0.4) is 0 Å². The summed E-state index contributed by atoms with van der Waals surface area (Å²) in [6.45, 7) is 0. The van der Waals surface area contributed by atoms with Crippen LogP contribution in [0.15, 0.2) is 17.0 Å². The molecule has 21 heavy (non-hydrogen) atoms. The van der Waals surface area contributed by atoms with Crippen LogP contribution in [-0.4, -0.2) is 39.7 Å². The van der Waals surface area contributed by atoms with Crippen LogP contribution in [0.4, 0.5) is 8.78 Å². The highest BCUT2D eigenvalue weighted by atomic mass is 32.2. The fourth-order valence-corrected chi connectivity index (χ4v) is 2.86. The second-order valence-electron chi connectivity index (χ2n) is 3.99. The smallest absolute Gasteiger partial charge is 0.341 e. The molecule has 0 amide bonds. The van der Waals surface area contributed by atoms with Gasteiger partial charge in [0.1, 0.15) is 22.0 Å². The molecule has 1 heterocycles. The van der Waals surface area contributed by atoms with Crippen molar-refractivity contribution in [3.63, 3.8) is 0 Å². The number of carboxylic acids is 1. The molecular weight excluding hydrogens is 310 g/mol. The third kappa shape index (κ3) is 2.86. The Balaban J connectivity index is 2.50. The summed E-state index contributed by atoms with van der Waals surface area (Å²) in [5.74, 6) is -5.91. The summed E-state index contributed by atoms with van der Waals surface area (Å²) in [6, 6.07) is 1.23. The van der Waals surface area contributed by atoms with Crippen molar-refractivity contribution >= 4 is 15.8 Å². The van der Waals surface area contributed by atoms with E-state index in [2.05, 4.69) is 15.4 Å². The minimum absolute atomic E-state index is 0.196. The molecule has 0 fully saturated rings. The fraction of sp³-hybridized carbons (Fsp3) is 0.200. The molecule has 1 aromatic heterocycles. The number of aromatic carboxylic acids is 1. The number of carbonyl (C=O) groups is 1. The quantitative estimate of drug-likeness (QED) is 0.798. The van der Waals surface area contributed by atoms with E-state index in [-0.39, 0.29) is 5.82 Å². The normalized spacial score (nSPS) is 11.6. The molecule has 1 aromatic carbocycles. The Labute approximate surface area is 116 Å². The largest absolute Gasteiger partial charge is 0.477 e. The van der Waals surface area contributed by atoms with Crippen LogP contribution in [0.2, 0.25) is 0 Å². The van der Waals surface area contributed by atoms with Crippen LogP contribution >= 0.6 is 0 Å². The van der Waals surface area contributed by atoms with Crippen LogP contribution in [-0.2, 0) is 22.6 Å². The number of aryl methyl sites for hydroxylation is 1. The molecule has 0 bridgehead atoms. The molecule has 8 nitrogen and oxygen atoms in total. The van der Waals surface area contributed by atoms with Gasteiger partial charge in [-0.2, -0.15) is 4.80 Å². The maximum atomic E-state index is 13.9. The number of aromatic nitrogens is 4. The lowest BCUT2D eigenvalue weighted by Crippen LogP contribution is -2.13. The summed E-state index contributed by atoms with van der Waals surface area (Å²) in [4.78, 5) is 10.8. The van der Waals surface area contributed by atoms with E-state index in [1.165, 1.54) is 7.05 Å². The first-order valence-electron chi connectivity index (χ1n) is 5.39. The van der Waals surface area contributed by atoms with Crippen LogP contribution in [0.25, 0.3) is 0 Å². The first-order valence-corrected chi connectivity index (χ1v) is 7.04. The third-order valence-corrected chi connectivity index (χ3v) is 4.10. The van der Waals surface area contributed by atoms with Crippen LogP contribution < -0.4 is 0 Å². The Morgan fingerprint density at radius 2 is 2.05 bits per heavy atom. The zero-order chi connectivity index (χ0) is 15.8. The van der Waals surface area contributed by atoms with Crippen LogP contribution in [0.5, 0.6) is 0 Å². The van der Waals surface area contributed by atoms with Gasteiger partial charge in [0, 0.05) is 0 Å². The molecule has 0 atom stereocenters. The summed E-state index contributed by atoms with van der Waals surface area (Å²) in [5.41, 5.74) is -1.33. The monoisotopic (exact) mass is 318 g/mol. The Morgan fingerprint density at radius 1 is 1.38 bits per heavy atom. The van der Waals surface area contributed by atoms with Gasteiger partial charge in [0.25, 0.3) is 0 Å². The van der Waals surface area contributed by atoms with Crippen molar-refractivity contribution in [2.45, 2.75) is 10.6 Å². The molecule has 2 aromatic rings. The summed E-state index contributed by atoms with van der Waals surface area (Å²) in [7, 11) is -2.88. The number of benzene rings is 1. The number of sulfone groups is 1. The third-order valence-electron chi connectivity index (χ3n) is 2.47. The standard InChI is InChI=1S/C10H8F2N4O4S/c1-16-14-7(13-15-16)4-21(19,20)6-3-2-5(11)8(9(6)12)10(17)18/h2-3H,4H2,1H3,(H,17,18). The van der Waals surface area contributed by atoms with Crippen LogP contribution in [0.1, 0.15) is 16.2 Å². The minimum Gasteiger partial charge on any atom is -0.477 e. The molecule has 2 rings (SSSR count). The van der Waals surface area contributed by atoms with Crippen LogP contribution in [0, 0.1) is 11.6 Å². The van der Waals surface area contributed by atoms with Gasteiger partial charge in [0.2, 0.25) is 0 Å². The number of nitrogens with zero attached hydrogens (tertiary/aromatic N) is 4. The molecule has 112 valence electrons. The van der Waals surface area contributed by atoms with E-state index in [1.807, 2.05) is 0 Å². The Morgan fingerprint density at radius 3 is 2.57 bits per heavy atom. The maximum Gasteiger partial charge on any atom is 0.341 e. The minimum atomic E-state index is -4.29. The molecule has 11 heteroatoms. The maximum absolute atomic E-state index is 13.9. The molecule has 0 aliphatic heterocycles. The van der Waals surface area contributed by atoms with E-state index in [9.17, 15) is 22.0 Å². The van der Waals surface area contributed by atoms with E-state index >= 15 is 0 Å². The van der Waals surface area contributed by atoms with Crippen molar-refractivity contribution in [2.24, 2.45) is 7.05 Å². The molecule has 0 radical (unpaired) electrons. The lowest BCUT2D eigenvalue weighted by atomic mass is 10.2. The van der Waals surface area contributed by atoms with Gasteiger partial charge in [0.15, 0.2) is 21.5 Å². The SMILES string of the molecule is Cn1nnc(CS(=O)(=O)c2ccc(F)c(C(=O)O)c2F)n1. The second-order valence-corrected chi connectivity index (χ2v) is 5.95. The summed E-state index contributed by atoms with van der Waals surface area (Å²) in [6.07, 6.45) is 0. The van der Waals surface area contributed by atoms with E-state index in [1.54, 1.807) is 0 Å². The van der Waals surface area contributed by atoms with E-state index in [0.29, 0.717) is 12.1 Å². The molecule has 0 saturated carbocycles. The van der Waals surface area contributed by atoms with Gasteiger partial charge in [-0.05, 0) is 17.3 Å². The number of hydrogen-bond donors (Lipinski definition) is 1. The van der Waals surface area contributed by atoms with Gasteiger partial charge in [-0.1, -0.05) is 0 Å². The van der Waals surface area contributed by atoms with Gasteiger partial charge < -0.3 is 5.11 Å². The Kier molecular flexibility index (Phi) is 3.68. The number of hydrogen-bond acceptors (Lipinski definition) is 6. The highest BCUT2D eigenvalue weighted by molar-refractivity contribution is 7.90. The van der Waals surface area contributed by atoms with E-state index in [0.717, 1.165) is 4.80 Å². The van der Waals surface area contributed by atoms with Gasteiger partial charge in [-0.25, -0.2) is 22.0 Å². The Bertz CT molecular complexity index is 818. The summed E-state index contributed by atoms with van der Waals surface area (Å²) >= 11 is 0. The average Bonchev–Trinajstić information content (AvgIpc) is 2.72. The Hall–Kier alpha value is -2.43. The zero-order valence-electron chi connectivity index (χ0n) is 10.5. The van der Waals surface area contributed by atoms with Crippen molar-refractivity contribution in [1.29, 1.82) is 0 Å². The van der Waals surface area contributed by atoms with Gasteiger partial charge in [-0.15, -0.1) is 10.2 Å². The van der Waals surface area contributed by atoms with E-state index < -0.39 is 43.7 Å². The summed E-state index contributed by atoms with van der Waals surface area (Å²) < 4.78 is 51.3. The fourth-order valence-electron chi connectivity index (χ4n) is 1.60. The molecule has 0 aliphatic rings. The molecular formula is C10H8F2N4O4S. The lowest BCUT2D eigenvalue weighted by molar-refractivity contribution is 0.0685. The first kappa shape index (κ1) is 15.0. The zero-order valence-corrected chi connectivity index (χ0v) is 11.3. The number of rotatable bonds is 4. The molecule has 0 spiro atoms. The van der Waals surface area contributed by atoms with Crippen molar-refractivity contribution in [3.8, 4) is 0 Å². The van der Waals surface area contributed by atoms with Crippen molar-refractivity contribution in [1.82, 2.24) is 20.2 Å². The molecule has 0 aliphatic carbocycles. The van der Waals surface area contributed by atoms with Crippen molar-refractivity contribution < 1.29 is 27.1 Å². The van der Waals surface area contributed by atoms with Crippen molar-refractivity contribution in [2.75, 3.05) is 0 Å². The molecule has 0 unspecified atom stereocenters. The van der Waals surface area contributed by atoms with E-state index in [4.69, 9.17) is 5.11 Å². The topological polar surface area (TPSA) is 115 Å². The number of tetrazole rings is 1. The predicted octanol–water partition coefficient (Wildman–Crippen LogP) is 0.160. The highest BCUT2D eigenvalue weighted by Crippen LogP contribution is 2.23. The lowest BCUT2D eigenvalue weighted by Gasteiger charge is -2.06. The van der Waals surface area contributed by atoms with Gasteiger partial charge in [-0.3, -0.25) is 0 Å². The summed E-state index contributed by atoms with van der Waals surface area (Å²) in [5, 5.41) is 19.2. The second kappa shape index (κ2) is 5.16. The number of carboxylic acid groups (broad SMARTS) is 1. The average molecular weight is 318 g/mol. The molecule has 0 saturated heterocycles.